The molecule has 0 bridgehead atoms. The Morgan fingerprint density at radius 2 is 1.56 bits per heavy atom. The van der Waals surface area contributed by atoms with Crippen LogP contribution in [0.25, 0.3) is 11.1 Å². The quantitative estimate of drug-likeness (QED) is 0.535. The van der Waals surface area contributed by atoms with Crippen LogP contribution in [0.1, 0.15) is 63.0 Å². The fourth-order valence-corrected chi connectivity index (χ4v) is 5.13. The number of carboxylic acids is 1. The first kappa shape index (κ1) is 23.8. The third-order valence-corrected chi connectivity index (χ3v) is 7.10. The molecule has 0 aromatic heterocycles. The minimum Gasteiger partial charge on any atom is -0.480 e. The van der Waals surface area contributed by atoms with Crippen molar-refractivity contribution in [1.82, 2.24) is 10.6 Å². The fourth-order valence-electron chi connectivity index (χ4n) is 5.13. The Kier molecular flexibility index (Phi) is 6.91. The molecule has 2 aliphatic carbocycles. The van der Waals surface area contributed by atoms with Crippen molar-refractivity contribution in [3.63, 3.8) is 0 Å². The van der Waals surface area contributed by atoms with Gasteiger partial charge in [-0.2, -0.15) is 0 Å². The van der Waals surface area contributed by atoms with Gasteiger partial charge in [0.05, 0.1) is 0 Å². The van der Waals surface area contributed by atoms with Gasteiger partial charge in [0.1, 0.15) is 12.1 Å². The van der Waals surface area contributed by atoms with Gasteiger partial charge in [-0.25, -0.2) is 9.59 Å². The van der Waals surface area contributed by atoms with E-state index in [1.54, 1.807) is 0 Å². The molecule has 3 N–H and O–H groups in total. The normalized spacial score (nSPS) is 17.0. The van der Waals surface area contributed by atoms with Crippen molar-refractivity contribution >= 4 is 18.0 Å². The zero-order chi connectivity index (χ0) is 24.3. The standard InChI is InChI=1S/C27H32N2O5/c1-17(2)23(15-24(30)29-27(25(31)32)13-7-8-14-27)28-26(33)34-16-22-20-11-5-3-9-18(20)19-10-4-6-12-21(19)22/h3-6,9-12,17,22-23H,7-8,13-16H2,1-2H3,(H,28,33)(H,29,30)(H,31,32)/t23-/m1/s1. The molecule has 34 heavy (non-hydrogen) atoms. The summed E-state index contributed by atoms with van der Waals surface area (Å²) in [7, 11) is 0. The maximum atomic E-state index is 12.7. The summed E-state index contributed by atoms with van der Waals surface area (Å²) in [6.07, 6.45) is 1.83. The third kappa shape index (κ3) is 4.79. The molecule has 0 heterocycles. The average Bonchev–Trinajstić information content (AvgIpc) is 3.41. The van der Waals surface area contributed by atoms with Gasteiger partial charge in [-0.3, -0.25) is 4.79 Å². The van der Waals surface area contributed by atoms with E-state index in [-0.39, 0.29) is 30.8 Å². The number of hydrogen-bond donors (Lipinski definition) is 3. The lowest BCUT2D eigenvalue weighted by Crippen LogP contribution is -2.54. The summed E-state index contributed by atoms with van der Waals surface area (Å²) >= 11 is 0. The molecule has 1 fully saturated rings. The summed E-state index contributed by atoms with van der Waals surface area (Å²) in [5.74, 6) is -1.45. The summed E-state index contributed by atoms with van der Waals surface area (Å²) in [5, 5.41) is 15.1. The Morgan fingerprint density at radius 3 is 2.09 bits per heavy atom. The Hall–Kier alpha value is -3.35. The number of hydrogen-bond acceptors (Lipinski definition) is 4. The molecule has 2 amide bonds. The zero-order valence-corrected chi connectivity index (χ0v) is 19.7. The molecule has 0 unspecified atom stereocenters. The molecule has 2 aliphatic rings. The monoisotopic (exact) mass is 464 g/mol. The van der Waals surface area contributed by atoms with Crippen LogP contribution in [0, 0.1) is 5.92 Å². The summed E-state index contributed by atoms with van der Waals surface area (Å²) in [4.78, 5) is 37.1. The molecule has 0 radical (unpaired) electrons. The first-order valence-corrected chi connectivity index (χ1v) is 12.0. The molecule has 4 rings (SSSR count). The largest absolute Gasteiger partial charge is 0.480 e. The number of carbonyl (C=O) groups is 3. The van der Waals surface area contributed by atoms with Gasteiger partial charge in [0.15, 0.2) is 0 Å². The van der Waals surface area contributed by atoms with E-state index in [2.05, 4.69) is 34.9 Å². The van der Waals surface area contributed by atoms with E-state index in [1.165, 1.54) is 0 Å². The molecule has 2 aromatic carbocycles. The molecule has 0 aliphatic heterocycles. The smallest absolute Gasteiger partial charge is 0.407 e. The highest BCUT2D eigenvalue weighted by molar-refractivity contribution is 5.87. The lowest BCUT2D eigenvalue weighted by Gasteiger charge is -2.28. The molecule has 0 saturated heterocycles. The van der Waals surface area contributed by atoms with Crippen molar-refractivity contribution in [2.45, 2.75) is 63.5 Å². The summed E-state index contributed by atoms with van der Waals surface area (Å²) in [6, 6.07) is 15.8. The van der Waals surface area contributed by atoms with Crippen molar-refractivity contribution in [3.8, 4) is 11.1 Å². The minimum atomic E-state index is -1.19. The van der Waals surface area contributed by atoms with Gasteiger partial charge >= 0.3 is 12.1 Å². The van der Waals surface area contributed by atoms with E-state index >= 15 is 0 Å². The van der Waals surface area contributed by atoms with Crippen LogP contribution in [0.2, 0.25) is 0 Å². The van der Waals surface area contributed by atoms with E-state index in [0.29, 0.717) is 12.8 Å². The Labute approximate surface area is 199 Å². The molecule has 7 nitrogen and oxygen atoms in total. The van der Waals surface area contributed by atoms with Crippen molar-refractivity contribution in [3.05, 3.63) is 59.7 Å². The predicted molar refractivity (Wildman–Crippen MR) is 128 cm³/mol. The van der Waals surface area contributed by atoms with E-state index in [0.717, 1.165) is 35.1 Å². The van der Waals surface area contributed by atoms with Crippen LogP contribution in [-0.2, 0) is 14.3 Å². The number of carbonyl (C=O) groups excluding carboxylic acids is 2. The predicted octanol–water partition coefficient (Wildman–Crippen LogP) is 4.45. The second-order valence-electron chi connectivity index (χ2n) is 9.67. The summed E-state index contributed by atoms with van der Waals surface area (Å²) < 4.78 is 5.62. The Morgan fingerprint density at radius 1 is 1.00 bits per heavy atom. The molecule has 1 saturated carbocycles. The molecule has 0 spiro atoms. The van der Waals surface area contributed by atoms with Gasteiger partial charge in [0.25, 0.3) is 0 Å². The number of rotatable bonds is 8. The van der Waals surface area contributed by atoms with Crippen molar-refractivity contribution < 1.29 is 24.2 Å². The second kappa shape index (κ2) is 9.87. The van der Waals surface area contributed by atoms with Crippen LogP contribution < -0.4 is 10.6 Å². The third-order valence-electron chi connectivity index (χ3n) is 7.10. The average molecular weight is 465 g/mol. The van der Waals surface area contributed by atoms with Crippen LogP contribution in [0.4, 0.5) is 4.79 Å². The minimum absolute atomic E-state index is 0.00308. The molecule has 180 valence electrons. The molecule has 7 heteroatoms. The van der Waals surface area contributed by atoms with Crippen LogP contribution in [-0.4, -0.2) is 41.3 Å². The Bertz CT molecular complexity index is 1030. The number of carboxylic acid groups (broad SMARTS) is 1. The van der Waals surface area contributed by atoms with Crippen molar-refractivity contribution in [1.29, 1.82) is 0 Å². The van der Waals surface area contributed by atoms with Crippen LogP contribution in [0.3, 0.4) is 0 Å². The van der Waals surface area contributed by atoms with Crippen LogP contribution >= 0.6 is 0 Å². The van der Waals surface area contributed by atoms with Crippen molar-refractivity contribution in [2.24, 2.45) is 5.92 Å². The maximum Gasteiger partial charge on any atom is 0.407 e. The topological polar surface area (TPSA) is 105 Å². The first-order valence-electron chi connectivity index (χ1n) is 12.0. The number of fused-ring (bicyclic) bond motifs is 3. The zero-order valence-electron chi connectivity index (χ0n) is 19.7. The van der Waals surface area contributed by atoms with Crippen molar-refractivity contribution in [2.75, 3.05) is 6.61 Å². The van der Waals surface area contributed by atoms with Gasteiger partial charge < -0.3 is 20.5 Å². The fraction of sp³-hybridized carbons (Fsp3) is 0.444. The highest BCUT2D eigenvalue weighted by Gasteiger charge is 2.43. The molecule has 1 atom stereocenters. The van der Waals surface area contributed by atoms with Gasteiger partial charge in [0, 0.05) is 18.4 Å². The highest BCUT2D eigenvalue weighted by atomic mass is 16.5. The molecular weight excluding hydrogens is 432 g/mol. The summed E-state index contributed by atoms with van der Waals surface area (Å²) in [6.45, 7) is 4.01. The van der Waals surface area contributed by atoms with E-state index < -0.39 is 23.6 Å². The maximum absolute atomic E-state index is 12.7. The number of alkyl carbamates (subject to hydrolysis) is 1. The molecular formula is C27H32N2O5. The number of nitrogens with one attached hydrogen (secondary N) is 2. The van der Waals surface area contributed by atoms with Gasteiger partial charge in [-0.15, -0.1) is 0 Å². The number of benzene rings is 2. The van der Waals surface area contributed by atoms with Gasteiger partial charge in [0.2, 0.25) is 5.91 Å². The highest BCUT2D eigenvalue weighted by Crippen LogP contribution is 2.44. The van der Waals surface area contributed by atoms with Gasteiger partial charge in [-0.05, 0) is 41.0 Å². The number of amides is 2. The number of ether oxygens (including phenoxy) is 1. The number of aliphatic carboxylic acids is 1. The SMILES string of the molecule is CC(C)[C@@H](CC(=O)NC1(C(=O)O)CCCC1)NC(=O)OCC1c2ccccc2-c2ccccc21. The van der Waals surface area contributed by atoms with Crippen LogP contribution in [0.5, 0.6) is 0 Å². The first-order chi connectivity index (χ1) is 16.3. The van der Waals surface area contributed by atoms with E-state index in [4.69, 9.17) is 4.74 Å². The van der Waals surface area contributed by atoms with E-state index in [9.17, 15) is 19.5 Å². The Balaban J connectivity index is 1.37. The summed E-state index contributed by atoms with van der Waals surface area (Å²) in [5.41, 5.74) is 3.38. The van der Waals surface area contributed by atoms with Crippen LogP contribution in [0.15, 0.2) is 48.5 Å². The lowest BCUT2D eigenvalue weighted by atomic mass is 9.95. The van der Waals surface area contributed by atoms with E-state index in [1.807, 2.05) is 38.1 Å². The molecule has 2 aromatic rings. The second-order valence-corrected chi connectivity index (χ2v) is 9.67. The lowest BCUT2D eigenvalue weighted by molar-refractivity contribution is -0.147. The van der Waals surface area contributed by atoms with Gasteiger partial charge in [-0.1, -0.05) is 75.2 Å².